The first kappa shape index (κ1) is 17.3. The molecule has 1 aliphatic rings. The van der Waals surface area contributed by atoms with Crippen molar-refractivity contribution in [1.82, 2.24) is 10.6 Å². The maximum Gasteiger partial charge on any atom is 0.407 e. The monoisotopic (exact) mass is 284 g/mol. The number of alkyl carbamates (subject to hydrolysis) is 1. The number of carbonyl (C=O) groups excluding carboxylic acids is 1. The molecule has 0 heterocycles. The van der Waals surface area contributed by atoms with Gasteiger partial charge in [-0.05, 0) is 79.2 Å². The Morgan fingerprint density at radius 2 is 1.85 bits per heavy atom. The van der Waals surface area contributed by atoms with E-state index in [4.69, 9.17) is 4.74 Å². The molecule has 1 aliphatic carbocycles. The molecule has 1 unspecified atom stereocenters. The van der Waals surface area contributed by atoms with Crippen LogP contribution in [0.1, 0.15) is 66.2 Å². The molecule has 0 saturated heterocycles. The molecule has 1 saturated carbocycles. The predicted molar refractivity (Wildman–Crippen MR) is 82.9 cm³/mol. The predicted octanol–water partition coefficient (Wildman–Crippen LogP) is 3.46. The Morgan fingerprint density at radius 1 is 1.25 bits per heavy atom. The summed E-state index contributed by atoms with van der Waals surface area (Å²) in [4.78, 5) is 11.7. The van der Waals surface area contributed by atoms with Gasteiger partial charge in [-0.1, -0.05) is 0 Å². The van der Waals surface area contributed by atoms with Crippen LogP contribution in [0.3, 0.4) is 0 Å². The summed E-state index contributed by atoms with van der Waals surface area (Å²) in [5.74, 6) is 0.822. The van der Waals surface area contributed by atoms with E-state index in [0.717, 1.165) is 18.8 Å². The maximum absolute atomic E-state index is 11.7. The zero-order valence-corrected chi connectivity index (χ0v) is 13.8. The van der Waals surface area contributed by atoms with E-state index < -0.39 is 5.60 Å². The Bertz CT molecular complexity index is 291. The van der Waals surface area contributed by atoms with Gasteiger partial charge < -0.3 is 15.4 Å². The van der Waals surface area contributed by atoms with E-state index in [1.807, 2.05) is 27.8 Å². The van der Waals surface area contributed by atoms with Crippen LogP contribution in [-0.4, -0.2) is 30.8 Å². The molecule has 20 heavy (non-hydrogen) atoms. The van der Waals surface area contributed by atoms with E-state index in [9.17, 15) is 4.79 Å². The van der Waals surface area contributed by atoms with Crippen molar-refractivity contribution in [3.8, 4) is 0 Å². The molecule has 0 spiro atoms. The van der Waals surface area contributed by atoms with Gasteiger partial charge in [0.1, 0.15) is 5.60 Å². The third kappa shape index (κ3) is 7.13. The largest absolute Gasteiger partial charge is 0.444 e. The summed E-state index contributed by atoms with van der Waals surface area (Å²) >= 11 is 0. The van der Waals surface area contributed by atoms with Gasteiger partial charge in [-0.2, -0.15) is 0 Å². The van der Waals surface area contributed by atoms with Crippen molar-refractivity contribution in [2.75, 3.05) is 7.05 Å². The fourth-order valence-corrected chi connectivity index (χ4v) is 2.70. The summed E-state index contributed by atoms with van der Waals surface area (Å²) in [5, 5.41) is 6.29. The van der Waals surface area contributed by atoms with Crippen LogP contribution in [0, 0.1) is 5.92 Å². The molecule has 1 fully saturated rings. The quantitative estimate of drug-likeness (QED) is 0.813. The lowest BCUT2D eigenvalue weighted by atomic mass is 9.83. The van der Waals surface area contributed by atoms with Crippen LogP contribution >= 0.6 is 0 Å². The number of carbonyl (C=O) groups is 1. The average Bonchev–Trinajstić information content (AvgIpc) is 2.35. The summed E-state index contributed by atoms with van der Waals surface area (Å²) in [6, 6.07) is 0.899. The lowest BCUT2D eigenvalue weighted by Gasteiger charge is -2.30. The highest BCUT2D eigenvalue weighted by Crippen LogP contribution is 2.28. The van der Waals surface area contributed by atoms with E-state index in [0.29, 0.717) is 12.1 Å². The van der Waals surface area contributed by atoms with Gasteiger partial charge in [0.25, 0.3) is 0 Å². The Hall–Kier alpha value is -0.770. The highest BCUT2D eigenvalue weighted by molar-refractivity contribution is 5.68. The van der Waals surface area contributed by atoms with Gasteiger partial charge in [0.05, 0.1) is 0 Å². The van der Waals surface area contributed by atoms with Gasteiger partial charge in [-0.15, -0.1) is 0 Å². The Morgan fingerprint density at radius 3 is 2.35 bits per heavy atom. The average molecular weight is 284 g/mol. The molecule has 118 valence electrons. The number of hydrogen-bond donors (Lipinski definition) is 2. The lowest BCUT2D eigenvalue weighted by Crippen LogP contribution is -2.41. The van der Waals surface area contributed by atoms with Crippen molar-refractivity contribution in [2.45, 2.75) is 83.9 Å². The highest BCUT2D eigenvalue weighted by atomic mass is 16.6. The molecular weight excluding hydrogens is 252 g/mol. The molecule has 0 bridgehead atoms. The Kier molecular flexibility index (Phi) is 6.80. The van der Waals surface area contributed by atoms with E-state index in [2.05, 4.69) is 17.6 Å². The topological polar surface area (TPSA) is 50.4 Å². The van der Waals surface area contributed by atoms with Gasteiger partial charge in [0, 0.05) is 12.1 Å². The molecule has 0 aromatic rings. The Labute approximate surface area is 124 Å². The summed E-state index contributed by atoms with van der Waals surface area (Å²) in [5.41, 5.74) is -0.412. The second kappa shape index (κ2) is 7.87. The van der Waals surface area contributed by atoms with Crippen molar-refractivity contribution in [1.29, 1.82) is 0 Å². The minimum Gasteiger partial charge on any atom is -0.444 e. The minimum atomic E-state index is -0.412. The SMILES string of the molecule is CNC(C)CCC1CCC(NC(=O)OC(C)(C)C)CC1. The number of nitrogens with one attached hydrogen (secondary N) is 2. The minimum absolute atomic E-state index is 0.273. The zero-order chi connectivity index (χ0) is 15.2. The first-order valence-electron chi connectivity index (χ1n) is 7.97. The number of hydrogen-bond acceptors (Lipinski definition) is 3. The normalized spacial score (nSPS) is 25.1. The molecule has 4 heteroatoms. The van der Waals surface area contributed by atoms with Crippen LogP contribution < -0.4 is 10.6 Å². The van der Waals surface area contributed by atoms with Gasteiger partial charge in [0.15, 0.2) is 0 Å². The number of ether oxygens (including phenoxy) is 1. The summed E-state index contributed by atoms with van der Waals surface area (Å²) in [6.07, 6.45) is 6.86. The fraction of sp³-hybridized carbons (Fsp3) is 0.938. The van der Waals surface area contributed by atoms with Crippen molar-refractivity contribution < 1.29 is 9.53 Å². The van der Waals surface area contributed by atoms with Gasteiger partial charge in [-0.25, -0.2) is 4.79 Å². The van der Waals surface area contributed by atoms with E-state index in [1.54, 1.807) is 0 Å². The molecule has 1 atom stereocenters. The summed E-state index contributed by atoms with van der Waals surface area (Å²) in [7, 11) is 2.02. The third-order valence-electron chi connectivity index (χ3n) is 4.07. The third-order valence-corrected chi connectivity index (χ3v) is 4.07. The molecule has 0 radical (unpaired) electrons. The van der Waals surface area contributed by atoms with Crippen LogP contribution in [0.25, 0.3) is 0 Å². The molecule has 1 rings (SSSR count). The zero-order valence-electron chi connectivity index (χ0n) is 13.8. The molecule has 4 nitrogen and oxygen atoms in total. The van der Waals surface area contributed by atoms with Crippen LogP contribution in [0.4, 0.5) is 4.79 Å². The highest BCUT2D eigenvalue weighted by Gasteiger charge is 2.24. The van der Waals surface area contributed by atoms with Crippen molar-refractivity contribution >= 4 is 6.09 Å². The van der Waals surface area contributed by atoms with Gasteiger partial charge in [-0.3, -0.25) is 0 Å². The molecule has 1 amide bonds. The second-order valence-electron chi connectivity index (χ2n) is 7.13. The standard InChI is InChI=1S/C16H32N2O2/c1-12(17-5)6-7-13-8-10-14(11-9-13)18-15(19)20-16(2,3)4/h12-14,17H,6-11H2,1-5H3,(H,18,19). The van der Waals surface area contributed by atoms with Crippen LogP contribution in [0.5, 0.6) is 0 Å². The second-order valence-corrected chi connectivity index (χ2v) is 7.13. The van der Waals surface area contributed by atoms with Crippen molar-refractivity contribution in [3.63, 3.8) is 0 Å². The van der Waals surface area contributed by atoms with E-state index in [1.165, 1.54) is 25.7 Å². The molecule has 2 N–H and O–H groups in total. The van der Waals surface area contributed by atoms with Crippen LogP contribution in [0.2, 0.25) is 0 Å². The smallest absolute Gasteiger partial charge is 0.407 e. The Balaban J connectivity index is 2.20. The van der Waals surface area contributed by atoms with Crippen LogP contribution in [-0.2, 0) is 4.74 Å². The molecule has 0 aromatic carbocycles. The lowest BCUT2D eigenvalue weighted by molar-refractivity contribution is 0.0486. The fourth-order valence-electron chi connectivity index (χ4n) is 2.70. The van der Waals surface area contributed by atoms with Crippen molar-refractivity contribution in [3.05, 3.63) is 0 Å². The number of amides is 1. The maximum atomic E-state index is 11.7. The molecule has 0 aromatic heterocycles. The van der Waals surface area contributed by atoms with Gasteiger partial charge in [0.2, 0.25) is 0 Å². The van der Waals surface area contributed by atoms with Gasteiger partial charge >= 0.3 is 6.09 Å². The summed E-state index contributed by atoms with van der Waals surface area (Å²) < 4.78 is 5.30. The van der Waals surface area contributed by atoms with E-state index >= 15 is 0 Å². The van der Waals surface area contributed by atoms with E-state index in [-0.39, 0.29) is 6.09 Å². The first-order chi connectivity index (χ1) is 9.30. The van der Waals surface area contributed by atoms with Crippen molar-refractivity contribution in [2.24, 2.45) is 5.92 Å². The first-order valence-corrected chi connectivity index (χ1v) is 7.97. The molecular formula is C16H32N2O2. The number of rotatable bonds is 5. The summed E-state index contributed by atoms with van der Waals surface area (Å²) in [6.45, 7) is 7.92. The molecule has 0 aliphatic heterocycles. The van der Waals surface area contributed by atoms with Crippen LogP contribution in [0.15, 0.2) is 0 Å².